The maximum Gasteiger partial charge on any atom is 0.101 e. The molecule has 24 heavy (non-hydrogen) atoms. The number of piperazine rings is 1. The van der Waals surface area contributed by atoms with E-state index >= 15 is 0 Å². The number of nitriles is 1. The minimum absolute atomic E-state index is 0.257. The van der Waals surface area contributed by atoms with E-state index in [1.807, 2.05) is 22.9 Å². The molecular formula is C18H22N6. The molecule has 1 unspecified atom stereocenters. The van der Waals surface area contributed by atoms with Gasteiger partial charge in [0.05, 0.1) is 29.8 Å². The maximum atomic E-state index is 9.69. The highest BCUT2D eigenvalue weighted by molar-refractivity contribution is 5.36. The zero-order valence-corrected chi connectivity index (χ0v) is 13.9. The second-order valence-corrected chi connectivity index (χ2v) is 6.95. The Hall–Kier alpha value is -2.23. The largest absolute Gasteiger partial charge is 0.313 e. The van der Waals surface area contributed by atoms with Gasteiger partial charge in [-0.2, -0.15) is 5.26 Å². The Balaban J connectivity index is 1.48. The molecule has 0 amide bonds. The van der Waals surface area contributed by atoms with Crippen molar-refractivity contribution in [3.8, 4) is 6.07 Å². The van der Waals surface area contributed by atoms with Crippen LogP contribution in [0.2, 0.25) is 0 Å². The van der Waals surface area contributed by atoms with Crippen molar-refractivity contribution in [1.29, 1.82) is 5.26 Å². The van der Waals surface area contributed by atoms with Crippen LogP contribution in [0, 0.1) is 11.3 Å². The number of nitrogens with zero attached hydrogens (tertiary/aromatic N) is 5. The van der Waals surface area contributed by atoms with E-state index in [1.165, 1.54) is 0 Å². The van der Waals surface area contributed by atoms with Crippen molar-refractivity contribution in [1.82, 2.24) is 25.2 Å². The average Bonchev–Trinajstić information content (AvgIpc) is 3.05. The molecule has 0 radical (unpaired) electrons. The monoisotopic (exact) mass is 322 g/mol. The second kappa shape index (κ2) is 6.00. The lowest BCUT2D eigenvalue weighted by atomic mass is 9.62. The van der Waals surface area contributed by atoms with E-state index in [9.17, 15) is 5.26 Å². The van der Waals surface area contributed by atoms with E-state index < -0.39 is 0 Å². The number of rotatable bonds is 3. The predicted molar refractivity (Wildman–Crippen MR) is 90.3 cm³/mol. The van der Waals surface area contributed by atoms with E-state index in [2.05, 4.69) is 52.0 Å². The molecule has 6 heteroatoms. The minimum Gasteiger partial charge on any atom is -0.313 e. The van der Waals surface area contributed by atoms with Crippen LogP contribution in [-0.4, -0.2) is 46.6 Å². The lowest BCUT2D eigenvalue weighted by molar-refractivity contribution is 0.184. The summed E-state index contributed by atoms with van der Waals surface area (Å²) in [6.07, 6.45) is 3.66. The Bertz CT molecular complexity index is 740. The van der Waals surface area contributed by atoms with Gasteiger partial charge in [-0.3, -0.25) is 4.90 Å². The molecule has 1 aliphatic heterocycles. The van der Waals surface area contributed by atoms with Crippen LogP contribution in [0.5, 0.6) is 0 Å². The summed E-state index contributed by atoms with van der Waals surface area (Å²) in [7, 11) is 2.13. The fourth-order valence-electron chi connectivity index (χ4n) is 3.84. The Labute approximate surface area is 142 Å². The Morgan fingerprint density at radius 1 is 1.29 bits per heavy atom. The fourth-order valence-corrected chi connectivity index (χ4v) is 3.84. The molecule has 1 saturated carbocycles. The molecule has 1 atom stereocenters. The molecule has 2 aliphatic rings. The number of hydrogen-bond donors (Lipinski definition) is 1. The smallest absolute Gasteiger partial charge is 0.101 e. The van der Waals surface area contributed by atoms with Gasteiger partial charge in [0.1, 0.15) is 5.69 Å². The van der Waals surface area contributed by atoms with Crippen LogP contribution >= 0.6 is 0 Å². The molecule has 0 spiro atoms. The number of aromatic nitrogens is 3. The van der Waals surface area contributed by atoms with Crippen molar-refractivity contribution < 1.29 is 0 Å². The zero-order chi connectivity index (χ0) is 16.6. The summed E-state index contributed by atoms with van der Waals surface area (Å²) in [5, 5.41) is 21.8. The summed E-state index contributed by atoms with van der Waals surface area (Å²) >= 11 is 0. The molecule has 1 N–H and O–H groups in total. The lowest BCUT2D eigenvalue weighted by Gasteiger charge is -2.42. The highest BCUT2D eigenvalue weighted by Crippen LogP contribution is 2.49. The van der Waals surface area contributed by atoms with Gasteiger partial charge in [0.25, 0.3) is 0 Å². The molecule has 1 aromatic heterocycles. The highest BCUT2D eigenvalue weighted by Gasteiger charge is 2.47. The molecule has 2 fully saturated rings. The van der Waals surface area contributed by atoms with E-state index in [-0.39, 0.29) is 17.5 Å². The van der Waals surface area contributed by atoms with Crippen LogP contribution in [0.15, 0.2) is 36.5 Å². The first-order valence-corrected chi connectivity index (χ1v) is 8.51. The number of likely N-dealkylation sites (N-methyl/N-ethyl adjacent to an activating group) is 1. The minimum atomic E-state index is -0.374. The third-order valence-corrected chi connectivity index (χ3v) is 5.46. The Morgan fingerprint density at radius 3 is 2.79 bits per heavy atom. The molecule has 1 aliphatic carbocycles. The Kier molecular flexibility index (Phi) is 3.83. The van der Waals surface area contributed by atoms with E-state index in [0.717, 1.165) is 43.7 Å². The van der Waals surface area contributed by atoms with E-state index in [0.29, 0.717) is 0 Å². The first-order valence-electron chi connectivity index (χ1n) is 8.51. The molecule has 124 valence electrons. The van der Waals surface area contributed by atoms with Crippen molar-refractivity contribution in [2.45, 2.75) is 30.3 Å². The summed E-state index contributed by atoms with van der Waals surface area (Å²) < 4.78 is 1.95. The zero-order valence-electron chi connectivity index (χ0n) is 13.9. The van der Waals surface area contributed by atoms with Gasteiger partial charge in [0.2, 0.25) is 0 Å². The SMILES string of the molecule is CN1CCNCC1c1cn(C2CC(C#N)(c3ccccc3)C2)nn1. The van der Waals surface area contributed by atoms with Gasteiger partial charge < -0.3 is 5.32 Å². The standard InChI is InChI=1S/C18H22N6/c1-23-8-7-20-11-17(23)16-12-24(22-21-16)15-9-18(10-15,13-19)14-5-3-2-4-6-14/h2-6,12,15,17,20H,7-11H2,1H3. The first kappa shape index (κ1) is 15.3. The van der Waals surface area contributed by atoms with Gasteiger partial charge in [-0.25, -0.2) is 4.68 Å². The summed E-state index contributed by atoms with van der Waals surface area (Å²) in [5.74, 6) is 0. The molecule has 2 heterocycles. The number of hydrogen-bond acceptors (Lipinski definition) is 5. The summed E-state index contributed by atoms with van der Waals surface area (Å²) in [4.78, 5) is 2.31. The molecule has 1 aromatic carbocycles. The Morgan fingerprint density at radius 2 is 2.08 bits per heavy atom. The van der Waals surface area contributed by atoms with Gasteiger partial charge in [0, 0.05) is 19.6 Å². The van der Waals surface area contributed by atoms with Crippen LogP contribution in [0.3, 0.4) is 0 Å². The van der Waals surface area contributed by atoms with Crippen molar-refractivity contribution in [3.63, 3.8) is 0 Å². The predicted octanol–water partition coefficient (Wildman–Crippen LogP) is 1.65. The lowest BCUT2D eigenvalue weighted by Crippen LogP contribution is -2.44. The summed E-state index contributed by atoms with van der Waals surface area (Å²) in [6.45, 7) is 2.95. The van der Waals surface area contributed by atoms with Gasteiger partial charge in [-0.1, -0.05) is 35.5 Å². The normalized spacial score (nSPS) is 30.5. The highest BCUT2D eigenvalue weighted by atomic mass is 15.4. The molecular weight excluding hydrogens is 300 g/mol. The molecule has 4 rings (SSSR count). The third kappa shape index (κ3) is 2.50. The van der Waals surface area contributed by atoms with Crippen molar-refractivity contribution in [2.24, 2.45) is 0 Å². The van der Waals surface area contributed by atoms with Crippen LogP contribution in [0.1, 0.15) is 36.2 Å². The molecule has 0 bridgehead atoms. The molecule has 2 aromatic rings. The molecule has 6 nitrogen and oxygen atoms in total. The topological polar surface area (TPSA) is 69.8 Å². The molecule has 1 saturated heterocycles. The second-order valence-electron chi connectivity index (χ2n) is 6.95. The van der Waals surface area contributed by atoms with Crippen LogP contribution in [-0.2, 0) is 5.41 Å². The third-order valence-electron chi connectivity index (χ3n) is 5.46. The van der Waals surface area contributed by atoms with Gasteiger partial charge in [-0.05, 0) is 25.5 Å². The van der Waals surface area contributed by atoms with Crippen LogP contribution < -0.4 is 5.32 Å². The van der Waals surface area contributed by atoms with Gasteiger partial charge in [0.15, 0.2) is 0 Å². The number of nitrogens with one attached hydrogen (secondary N) is 1. The van der Waals surface area contributed by atoms with Crippen LogP contribution in [0.25, 0.3) is 0 Å². The quantitative estimate of drug-likeness (QED) is 0.930. The summed E-state index contributed by atoms with van der Waals surface area (Å²) in [5.41, 5.74) is 1.75. The van der Waals surface area contributed by atoms with Crippen molar-refractivity contribution >= 4 is 0 Å². The average molecular weight is 322 g/mol. The van der Waals surface area contributed by atoms with Crippen molar-refractivity contribution in [2.75, 3.05) is 26.7 Å². The number of benzene rings is 1. The van der Waals surface area contributed by atoms with Crippen molar-refractivity contribution in [3.05, 3.63) is 47.8 Å². The fraction of sp³-hybridized carbons (Fsp3) is 0.500. The van der Waals surface area contributed by atoms with Gasteiger partial charge >= 0.3 is 0 Å². The van der Waals surface area contributed by atoms with Crippen LogP contribution in [0.4, 0.5) is 0 Å². The maximum absolute atomic E-state index is 9.69. The van der Waals surface area contributed by atoms with Gasteiger partial charge in [-0.15, -0.1) is 5.10 Å². The van der Waals surface area contributed by atoms with E-state index in [1.54, 1.807) is 0 Å². The van der Waals surface area contributed by atoms with E-state index in [4.69, 9.17) is 0 Å². The first-order chi connectivity index (χ1) is 11.7. The summed E-state index contributed by atoms with van der Waals surface area (Å²) in [6, 6.07) is 13.2.